The number of hydrogen-bond acceptors (Lipinski definition) is 10. The predicted molar refractivity (Wildman–Crippen MR) is 205 cm³/mol. The predicted octanol–water partition coefficient (Wildman–Crippen LogP) is 7.60. The third kappa shape index (κ3) is 11.7. The molecule has 1 heterocycles. The molecule has 1 aromatic heterocycles. The molecular formula is C42H50N4O8. The quantitative estimate of drug-likeness (QED) is 0.0297. The molecule has 3 aromatic rings. The highest BCUT2D eigenvalue weighted by Crippen LogP contribution is 2.32. The van der Waals surface area contributed by atoms with Gasteiger partial charge in [0, 0.05) is 36.6 Å². The number of nitrogens with zero attached hydrogens (tertiary/aromatic N) is 1. The normalized spacial score (nSPS) is 12.7. The molecule has 1 fully saturated rings. The third-order valence-corrected chi connectivity index (χ3v) is 8.88. The number of hydrogen-bond donors (Lipinski definition) is 3. The van der Waals surface area contributed by atoms with E-state index in [0.717, 1.165) is 44.1 Å². The number of pyridine rings is 1. The topological polar surface area (TPSA) is 174 Å². The number of alkyl carbamates (subject to hydrolysis) is 1. The van der Waals surface area contributed by atoms with Gasteiger partial charge in [-0.1, -0.05) is 83.0 Å². The summed E-state index contributed by atoms with van der Waals surface area (Å²) >= 11 is 0. The number of ether oxygens (including phenoxy) is 3. The molecule has 12 heteroatoms. The fourth-order valence-corrected chi connectivity index (χ4v) is 5.51. The first kappa shape index (κ1) is 41.1. The maximum Gasteiger partial charge on any atom is 0.412 e. The van der Waals surface area contributed by atoms with Crippen molar-refractivity contribution in [2.75, 3.05) is 13.2 Å². The molecule has 12 nitrogen and oxygen atoms in total. The molecule has 1 unspecified atom stereocenters. The molecule has 0 aliphatic heterocycles. The first-order chi connectivity index (χ1) is 25.8. The largest absolute Gasteiger partial charge is 0.449 e. The van der Waals surface area contributed by atoms with Crippen molar-refractivity contribution in [1.82, 2.24) is 15.6 Å². The molecule has 54 heavy (non-hydrogen) atoms. The van der Waals surface area contributed by atoms with Gasteiger partial charge in [-0.15, -0.1) is 0 Å². The summed E-state index contributed by atoms with van der Waals surface area (Å²) in [6.07, 6.45) is 5.58. The number of amidine groups is 1. The first-order valence-corrected chi connectivity index (χ1v) is 18.4. The molecule has 1 saturated carbocycles. The van der Waals surface area contributed by atoms with E-state index in [9.17, 15) is 24.0 Å². The van der Waals surface area contributed by atoms with E-state index in [1.165, 1.54) is 13.0 Å². The zero-order valence-corrected chi connectivity index (χ0v) is 31.7. The van der Waals surface area contributed by atoms with Crippen LogP contribution < -0.4 is 10.6 Å². The van der Waals surface area contributed by atoms with E-state index in [1.807, 2.05) is 6.92 Å². The molecule has 1 atom stereocenters. The third-order valence-electron chi connectivity index (χ3n) is 8.88. The van der Waals surface area contributed by atoms with Crippen molar-refractivity contribution in [2.24, 2.45) is 11.8 Å². The average molecular weight is 739 g/mol. The highest BCUT2D eigenvalue weighted by atomic mass is 16.7. The van der Waals surface area contributed by atoms with Crippen LogP contribution >= 0.6 is 0 Å². The lowest BCUT2D eigenvalue weighted by Crippen LogP contribution is -2.31. The number of carbonyl (C=O) groups is 5. The molecule has 0 saturated heterocycles. The highest BCUT2D eigenvalue weighted by Gasteiger charge is 2.27. The Hall–Kier alpha value is -5.65. The Bertz CT molecular complexity index is 1880. The van der Waals surface area contributed by atoms with E-state index in [-0.39, 0.29) is 47.2 Å². The van der Waals surface area contributed by atoms with E-state index >= 15 is 0 Å². The maximum absolute atomic E-state index is 14.1. The summed E-state index contributed by atoms with van der Waals surface area (Å²) in [6, 6.07) is 13.2. The summed E-state index contributed by atoms with van der Waals surface area (Å²) in [5.74, 6) is -2.41. The van der Waals surface area contributed by atoms with Crippen molar-refractivity contribution in [1.29, 1.82) is 5.41 Å². The maximum atomic E-state index is 14.1. The van der Waals surface area contributed by atoms with Crippen molar-refractivity contribution in [2.45, 2.75) is 85.9 Å². The fraction of sp³-hybridized carbons (Fsp3) is 0.405. The average Bonchev–Trinajstić information content (AvgIpc) is 3.98. The number of unbranched alkanes of at least 4 members (excludes halogenated alkanes) is 3. The molecule has 2 aromatic carbocycles. The summed E-state index contributed by atoms with van der Waals surface area (Å²) in [4.78, 5) is 69.6. The summed E-state index contributed by atoms with van der Waals surface area (Å²) in [5, 5.41) is 13.6. The van der Waals surface area contributed by atoms with Gasteiger partial charge in [0.15, 0.2) is 11.5 Å². The second-order valence-electron chi connectivity index (χ2n) is 13.8. The number of rotatable bonds is 18. The molecule has 0 spiro atoms. The van der Waals surface area contributed by atoms with Gasteiger partial charge in [-0.3, -0.25) is 25.1 Å². The Morgan fingerprint density at radius 2 is 1.69 bits per heavy atom. The van der Waals surface area contributed by atoms with Crippen molar-refractivity contribution < 1.29 is 38.2 Å². The molecule has 2 amide bonds. The minimum Gasteiger partial charge on any atom is -0.449 e. The monoisotopic (exact) mass is 738 g/mol. The number of benzene rings is 2. The zero-order valence-electron chi connectivity index (χ0n) is 31.7. The second kappa shape index (κ2) is 19.4. The number of carbonyl (C=O) groups excluding carboxylic acids is 5. The number of ketones is 1. The van der Waals surface area contributed by atoms with Gasteiger partial charge in [-0.05, 0) is 72.6 Å². The van der Waals surface area contributed by atoms with Crippen LogP contribution in [0.4, 0.5) is 4.79 Å². The van der Waals surface area contributed by atoms with Gasteiger partial charge < -0.3 is 19.5 Å². The Morgan fingerprint density at radius 3 is 2.33 bits per heavy atom. The summed E-state index contributed by atoms with van der Waals surface area (Å²) in [5.41, 5.74) is 3.22. The molecule has 4 rings (SSSR count). The van der Waals surface area contributed by atoms with Crippen LogP contribution in [-0.4, -0.2) is 60.0 Å². The Kier molecular flexibility index (Phi) is 14.8. The van der Waals surface area contributed by atoms with Gasteiger partial charge >= 0.3 is 18.0 Å². The van der Waals surface area contributed by atoms with E-state index in [0.29, 0.717) is 34.7 Å². The van der Waals surface area contributed by atoms with Crippen LogP contribution in [0.5, 0.6) is 0 Å². The second-order valence-corrected chi connectivity index (χ2v) is 13.8. The van der Waals surface area contributed by atoms with Crippen LogP contribution in [0.15, 0.2) is 55.1 Å². The van der Waals surface area contributed by atoms with E-state index in [1.54, 1.807) is 62.4 Å². The van der Waals surface area contributed by atoms with Gasteiger partial charge in [0.1, 0.15) is 11.5 Å². The van der Waals surface area contributed by atoms with Crippen LogP contribution in [0, 0.1) is 24.2 Å². The van der Waals surface area contributed by atoms with Crippen molar-refractivity contribution in [3.63, 3.8) is 0 Å². The van der Waals surface area contributed by atoms with Crippen molar-refractivity contribution in [3.8, 4) is 11.1 Å². The standard InChI is InChI=1S/C42H50N4O8/c1-7-9-10-11-20-52-42(51)46-38(43)31-16-14-28(15-17-31)22-36(47)34-23-30(8-2)26(5)21-33(34)32-18-19-35(39(48)44-24-29-12-13-29)45-37(32)41(50)54-27(6)53-40(49)25(3)4/h8,14-19,21,23,25,27,29H,2,7,9-13,20,22,24H2,1,3-6H3,(H,44,48)(H2,43,46,51). The van der Waals surface area contributed by atoms with Gasteiger partial charge in [-0.25, -0.2) is 14.6 Å². The highest BCUT2D eigenvalue weighted by molar-refractivity contribution is 6.08. The smallest absolute Gasteiger partial charge is 0.412 e. The Balaban J connectivity index is 1.61. The van der Waals surface area contributed by atoms with Crippen LogP contribution in [0.3, 0.4) is 0 Å². The molecule has 286 valence electrons. The number of aromatic nitrogens is 1. The minimum absolute atomic E-state index is 0.00845. The fourth-order valence-electron chi connectivity index (χ4n) is 5.51. The van der Waals surface area contributed by atoms with Crippen molar-refractivity contribution in [3.05, 3.63) is 94.3 Å². The van der Waals surface area contributed by atoms with E-state index < -0.39 is 36.1 Å². The van der Waals surface area contributed by atoms with Crippen LogP contribution in [0.25, 0.3) is 17.2 Å². The number of amides is 2. The lowest BCUT2D eigenvalue weighted by molar-refractivity contribution is -0.169. The lowest BCUT2D eigenvalue weighted by atomic mass is 9.89. The zero-order chi connectivity index (χ0) is 39.4. The van der Waals surface area contributed by atoms with Crippen LogP contribution in [-0.2, 0) is 25.4 Å². The molecule has 1 aliphatic rings. The van der Waals surface area contributed by atoms with E-state index in [2.05, 4.69) is 29.1 Å². The number of aryl methyl sites for hydroxylation is 1. The first-order valence-electron chi connectivity index (χ1n) is 18.4. The Labute approximate surface area is 316 Å². The lowest BCUT2D eigenvalue weighted by Gasteiger charge is -2.18. The van der Waals surface area contributed by atoms with Gasteiger partial charge in [0.05, 0.1) is 12.5 Å². The Morgan fingerprint density at radius 1 is 0.963 bits per heavy atom. The number of esters is 2. The molecule has 0 bridgehead atoms. The molecule has 0 radical (unpaired) electrons. The van der Waals surface area contributed by atoms with Gasteiger partial charge in [0.2, 0.25) is 6.29 Å². The van der Waals surface area contributed by atoms with Gasteiger partial charge in [0.25, 0.3) is 5.91 Å². The minimum atomic E-state index is -1.25. The summed E-state index contributed by atoms with van der Waals surface area (Å²) in [6.45, 7) is 13.3. The number of nitrogens with one attached hydrogen (secondary N) is 3. The molecule has 3 N–H and O–H groups in total. The van der Waals surface area contributed by atoms with Crippen molar-refractivity contribution >= 4 is 41.6 Å². The molecular weight excluding hydrogens is 688 g/mol. The SMILES string of the molecule is C=Cc1cc(C(=O)Cc2ccc(C(=N)NC(=O)OCCCCCC)cc2)c(-c2ccc(C(=O)NCC3CC3)nc2C(=O)OC(C)OC(=O)C(C)C)cc1C. The van der Waals surface area contributed by atoms with Crippen LogP contribution in [0.1, 0.15) is 120 Å². The van der Waals surface area contributed by atoms with Crippen LogP contribution in [0.2, 0.25) is 0 Å². The van der Waals surface area contributed by atoms with Gasteiger partial charge in [-0.2, -0.15) is 0 Å². The summed E-state index contributed by atoms with van der Waals surface area (Å²) in [7, 11) is 0. The molecule has 1 aliphatic carbocycles. The summed E-state index contributed by atoms with van der Waals surface area (Å²) < 4.78 is 15.9. The van der Waals surface area contributed by atoms with E-state index in [4.69, 9.17) is 19.6 Å². The number of Topliss-reactive ketones (excluding diaryl/α,β-unsaturated/α-hetero) is 1.